The Bertz CT molecular complexity index is 699. The van der Waals surface area contributed by atoms with Crippen LogP contribution in [-0.2, 0) is 6.42 Å². The lowest BCUT2D eigenvalue weighted by Crippen LogP contribution is -2.39. The van der Waals surface area contributed by atoms with E-state index in [2.05, 4.69) is 32.7 Å². The number of aromatic nitrogens is 2. The molecular weight excluding hydrogens is 314 g/mol. The molecule has 2 atom stereocenters. The van der Waals surface area contributed by atoms with Gasteiger partial charge in [-0.25, -0.2) is 0 Å². The molecule has 23 heavy (non-hydrogen) atoms. The number of rotatable bonds is 5. The van der Waals surface area contributed by atoms with Crippen LogP contribution < -0.4 is 10.6 Å². The Morgan fingerprint density at radius 3 is 3.00 bits per heavy atom. The predicted octanol–water partition coefficient (Wildman–Crippen LogP) is 2.51. The van der Waals surface area contributed by atoms with Gasteiger partial charge in [-0.05, 0) is 24.5 Å². The van der Waals surface area contributed by atoms with Gasteiger partial charge in [0.25, 0.3) is 0 Å². The first-order valence-electron chi connectivity index (χ1n) is 7.71. The molecule has 2 N–H and O–H groups in total. The van der Waals surface area contributed by atoms with Crippen LogP contribution in [0, 0.1) is 5.92 Å². The van der Waals surface area contributed by atoms with Crippen molar-refractivity contribution < 1.29 is 4.52 Å². The van der Waals surface area contributed by atoms with Gasteiger partial charge >= 0.3 is 0 Å². The van der Waals surface area contributed by atoms with E-state index in [-0.39, 0.29) is 0 Å². The maximum Gasteiger partial charge on any atom is 0.228 e. The monoisotopic (exact) mass is 333 g/mol. The molecule has 0 amide bonds. The van der Waals surface area contributed by atoms with Gasteiger partial charge in [0, 0.05) is 36.6 Å². The second kappa shape index (κ2) is 7.00. The lowest BCUT2D eigenvalue weighted by molar-refractivity contribution is 0.378. The van der Waals surface area contributed by atoms with E-state index in [1.54, 1.807) is 7.05 Å². The van der Waals surface area contributed by atoms with Crippen molar-refractivity contribution in [3.8, 4) is 11.4 Å². The number of benzene rings is 1. The first-order valence-corrected chi connectivity index (χ1v) is 8.09. The van der Waals surface area contributed by atoms with Crippen molar-refractivity contribution in [1.82, 2.24) is 20.8 Å². The third-order valence-corrected chi connectivity index (χ3v) is 4.07. The van der Waals surface area contributed by atoms with Gasteiger partial charge in [-0.2, -0.15) is 4.98 Å². The third kappa shape index (κ3) is 4.22. The van der Waals surface area contributed by atoms with Crippen LogP contribution in [0.25, 0.3) is 11.4 Å². The Labute approximate surface area is 140 Å². The summed E-state index contributed by atoms with van der Waals surface area (Å²) in [6.45, 7) is 2.90. The average Bonchev–Trinajstić information content (AvgIpc) is 3.04. The van der Waals surface area contributed by atoms with E-state index in [0.717, 1.165) is 17.4 Å². The van der Waals surface area contributed by atoms with Crippen molar-refractivity contribution in [2.45, 2.75) is 25.8 Å². The summed E-state index contributed by atoms with van der Waals surface area (Å²) in [6, 6.07) is 7.94. The van der Waals surface area contributed by atoms with Crippen molar-refractivity contribution in [2.24, 2.45) is 10.9 Å². The molecule has 0 spiro atoms. The summed E-state index contributed by atoms with van der Waals surface area (Å²) < 4.78 is 5.28. The van der Waals surface area contributed by atoms with Crippen LogP contribution in [-0.4, -0.2) is 35.7 Å². The molecule has 7 heteroatoms. The summed E-state index contributed by atoms with van der Waals surface area (Å²) in [7, 11) is 1.77. The first kappa shape index (κ1) is 15.8. The van der Waals surface area contributed by atoms with Crippen LogP contribution in [0.3, 0.4) is 0 Å². The molecule has 1 heterocycles. The van der Waals surface area contributed by atoms with E-state index in [0.29, 0.717) is 35.7 Å². The molecule has 0 saturated heterocycles. The smallest absolute Gasteiger partial charge is 0.228 e. The molecule has 6 nitrogen and oxygen atoms in total. The van der Waals surface area contributed by atoms with Crippen LogP contribution in [0.5, 0.6) is 0 Å². The zero-order chi connectivity index (χ0) is 16.2. The summed E-state index contributed by atoms with van der Waals surface area (Å²) in [5.41, 5.74) is 0.848. The van der Waals surface area contributed by atoms with E-state index in [9.17, 15) is 0 Å². The second-order valence-corrected chi connectivity index (χ2v) is 6.17. The van der Waals surface area contributed by atoms with E-state index in [1.807, 2.05) is 24.3 Å². The highest BCUT2D eigenvalue weighted by atomic mass is 35.5. The Morgan fingerprint density at radius 1 is 1.48 bits per heavy atom. The van der Waals surface area contributed by atoms with E-state index in [1.165, 1.54) is 6.42 Å². The zero-order valence-corrected chi connectivity index (χ0v) is 14.0. The van der Waals surface area contributed by atoms with Crippen LogP contribution in [0.15, 0.2) is 33.8 Å². The molecule has 1 aliphatic rings. The van der Waals surface area contributed by atoms with Crippen LogP contribution in [0.4, 0.5) is 0 Å². The molecule has 122 valence electrons. The fourth-order valence-electron chi connectivity index (χ4n) is 2.28. The molecule has 1 fully saturated rings. The molecule has 1 aromatic heterocycles. The highest BCUT2D eigenvalue weighted by Crippen LogP contribution is 2.28. The van der Waals surface area contributed by atoms with Gasteiger partial charge in [0.1, 0.15) is 0 Å². The van der Waals surface area contributed by atoms with Gasteiger partial charge in [-0.3, -0.25) is 4.99 Å². The number of nitrogens with zero attached hydrogens (tertiary/aromatic N) is 3. The third-order valence-electron chi connectivity index (χ3n) is 3.84. The van der Waals surface area contributed by atoms with Gasteiger partial charge in [0.2, 0.25) is 11.7 Å². The number of hydrogen-bond donors (Lipinski definition) is 2. The number of hydrogen-bond acceptors (Lipinski definition) is 4. The minimum Gasteiger partial charge on any atom is -0.356 e. The predicted molar refractivity (Wildman–Crippen MR) is 90.5 cm³/mol. The number of halogens is 1. The molecule has 0 aliphatic heterocycles. The zero-order valence-electron chi connectivity index (χ0n) is 13.2. The Balaban J connectivity index is 1.51. The summed E-state index contributed by atoms with van der Waals surface area (Å²) >= 11 is 5.98. The van der Waals surface area contributed by atoms with Gasteiger partial charge in [-0.1, -0.05) is 35.8 Å². The molecule has 0 bridgehead atoms. The van der Waals surface area contributed by atoms with Crippen molar-refractivity contribution in [3.05, 3.63) is 35.2 Å². The Kier molecular flexibility index (Phi) is 4.81. The minimum absolute atomic E-state index is 0.541. The maximum absolute atomic E-state index is 5.98. The summed E-state index contributed by atoms with van der Waals surface area (Å²) in [5.74, 6) is 2.68. The quantitative estimate of drug-likeness (QED) is 0.649. The molecular formula is C16H20ClN5O. The number of nitrogens with one attached hydrogen (secondary N) is 2. The second-order valence-electron chi connectivity index (χ2n) is 5.73. The van der Waals surface area contributed by atoms with Gasteiger partial charge in [0.15, 0.2) is 5.96 Å². The van der Waals surface area contributed by atoms with Gasteiger partial charge < -0.3 is 15.2 Å². The summed E-state index contributed by atoms with van der Waals surface area (Å²) in [6.07, 6.45) is 1.84. The SMILES string of the molecule is CN=C(NCCc1nc(-c2cccc(Cl)c2)no1)NC1CC1C. The van der Waals surface area contributed by atoms with Crippen LogP contribution in [0.1, 0.15) is 19.2 Å². The van der Waals surface area contributed by atoms with Crippen LogP contribution in [0.2, 0.25) is 5.02 Å². The van der Waals surface area contributed by atoms with Crippen LogP contribution >= 0.6 is 11.6 Å². The molecule has 2 aromatic rings. The summed E-state index contributed by atoms with van der Waals surface area (Å²) in [4.78, 5) is 8.60. The number of guanidine groups is 1. The Morgan fingerprint density at radius 2 is 2.30 bits per heavy atom. The lowest BCUT2D eigenvalue weighted by atomic mass is 10.2. The van der Waals surface area contributed by atoms with E-state index < -0.39 is 0 Å². The molecule has 1 aromatic carbocycles. The summed E-state index contributed by atoms with van der Waals surface area (Å²) in [5, 5.41) is 11.3. The molecule has 1 aliphatic carbocycles. The average molecular weight is 334 g/mol. The van der Waals surface area contributed by atoms with Crippen molar-refractivity contribution >= 4 is 17.6 Å². The largest absolute Gasteiger partial charge is 0.356 e. The van der Waals surface area contributed by atoms with Gasteiger partial charge in [-0.15, -0.1) is 0 Å². The highest BCUT2D eigenvalue weighted by Gasteiger charge is 2.33. The minimum atomic E-state index is 0.541. The highest BCUT2D eigenvalue weighted by molar-refractivity contribution is 6.30. The fraction of sp³-hybridized carbons (Fsp3) is 0.438. The van der Waals surface area contributed by atoms with E-state index in [4.69, 9.17) is 16.1 Å². The molecule has 1 saturated carbocycles. The fourth-order valence-corrected chi connectivity index (χ4v) is 2.47. The van der Waals surface area contributed by atoms with Crippen molar-refractivity contribution in [1.29, 1.82) is 0 Å². The van der Waals surface area contributed by atoms with Crippen molar-refractivity contribution in [3.63, 3.8) is 0 Å². The molecule has 0 radical (unpaired) electrons. The van der Waals surface area contributed by atoms with Gasteiger partial charge in [0.05, 0.1) is 0 Å². The van der Waals surface area contributed by atoms with E-state index >= 15 is 0 Å². The maximum atomic E-state index is 5.98. The lowest BCUT2D eigenvalue weighted by Gasteiger charge is -2.10. The molecule has 2 unspecified atom stereocenters. The molecule has 3 rings (SSSR count). The Hall–Kier alpha value is -2.08. The normalized spacial score (nSPS) is 20.4. The first-order chi connectivity index (χ1) is 11.2. The van der Waals surface area contributed by atoms with Crippen molar-refractivity contribution in [2.75, 3.05) is 13.6 Å². The topological polar surface area (TPSA) is 75.3 Å². The number of aliphatic imine (C=N–C) groups is 1. The standard InChI is InChI=1S/C16H20ClN5O/c1-10-8-13(10)20-16(18-2)19-7-6-14-21-15(22-23-14)11-4-3-5-12(17)9-11/h3-5,9-10,13H,6-8H2,1-2H3,(H2,18,19,20).